The predicted octanol–water partition coefficient (Wildman–Crippen LogP) is 2.20. The lowest BCUT2D eigenvalue weighted by Crippen LogP contribution is -2.61. The van der Waals surface area contributed by atoms with E-state index in [0.717, 1.165) is 0 Å². The quantitative estimate of drug-likeness (QED) is 0.485. The van der Waals surface area contributed by atoms with Crippen molar-refractivity contribution in [2.45, 2.75) is 57.0 Å². The van der Waals surface area contributed by atoms with E-state index in [-0.39, 0.29) is 12.1 Å². The average molecular weight is 467 g/mol. The van der Waals surface area contributed by atoms with E-state index >= 15 is 4.39 Å². The molecule has 1 aliphatic rings. The van der Waals surface area contributed by atoms with Gasteiger partial charge >= 0.3 is 0 Å². The Hall–Kier alpha value is -3.55. The Morgan fingerprint density at radius 3 is 2.71 bits per heavy atom. The van der Waals surface area contributed by atoms with Crippen LogP contribution >= 0.6 is 0 Å². The van der Waals surface area contributed by atoms with Crippen LogP contribution in [-0.2, 0) is 0 Å². The summed E-state index contributed by atoms with van der Waals surface area (Å²) in [4.78, 5) is 18.4. The Bertz CT molecular complexity index is 1290. The second-order valence-electron chi connectivity index (χ2n) is 9.65. The lowest BCUT2D eigenvalue weighted by molar-refractivity contribution is -0.0116. The Labute approximate surface area is 196 Å². The lowest BCUT2D eigenvalue weighted by atomic mass is 9.73. The molecule has 0 bridgehead atoms. The van der Waals surface area contributed by atoms with Gasteiger partial charge in [-0.15, -0.1) is 0 Å². The van der Waals surface area contributed by atoms with Crippen molar-refractivity contribution in [2.24, 2.45) is 5.73 Å². The highest BCUT2D eigenvalue weighted by molar-refractivity contribution is 5.99. The number of halogens is 1. The number of aromatic nitrogens is 3. The number of aliphatic hydroxyl groups excluding tert-OH is 1. The topological polar surface area (TPSA) is 141 Å². The number of hydrogen-bond acceptors (Lipinski definition) is 7. The first-order valence-electron chi connectivity index (χ1n) is 10.9. The van der Waals surface area contributed by atoms with Crippen LogP contribution in [0, 0.1) is 11.3 Å². The van der Waals surface area contributed by atoms with Crippen molar-refractivity contribution in [3.05, 3.63) is 47.8 Å². The monoisotopic (exact) mass is 466 g/mol. The molecule has 4 rings (SSSR count). The van der Waals surface area contributed by atoms with Crippen molar-refractivity contribution in [2.75, 3.05) is 11.4 Å². The minimum atomic E-state index is -1.64. The Morgan fingerprint density at radius 1 is 1.41 bits per heavy atom. The molecule has 3 aromatic rings. The molecule has 0 unspecified atom stereocenters. The van der Waals surface area contributed by atoms with Gasteiger partial charge < -0.3 is 20.8 Å². The number of anilines is 1. The summed E-state index contributed by atoms with van der Waals surface area (Å²) in [5.41, 5.74) is 6.02. The normalized spacial score (nSPS) is 21.0. The van der Waals surface area contributed by atoms with Gasteiger partial charge in [-0.1, -0.05) is 0 Å². The van der Waals surface area contributed by atoms with E-state index in [1.165, 1.54) is 26.2 Å². The van der Waals surface area contributed by atoms with Crippen LogP contribution < -0.4 is 10.6 Å². The predicted molar refractivity (Wildman–Crippen MR) is 124 cm³/mol. The summed E-state index contributed by atoms with van der Waals surface area (Å²) in [5, 5.41) is 33.7. The molecule has 4 N–H and O–H groups in total. The molecular weight excluding hydrogens is 439 g/mol. The van der Waals surface area contributed by atoms with Crippen molar-refractivity contribution in [1.29, 1.82) is 5.26 Å². The highest BCUT2D eigenvalue weighted by Crippen LogP contribution is 2.43. The Kier molecular flexibility index (Phi) is 5.79. The summed E-state index contributed by atoms with van der Waals surface area (Å²) < 4.78 is 16.7. The smallest absolute Gasteiger partial charge is 0.252 e. The summed E-state index contributed by atoms with van der Waals surface area (Å²) in [5.74, 6) is -0.724. The van der Waals surface area contributed by atoms with E-state index in [4.69, 9.17) is 11.0 Å². The minimum absolute atomic E-state index is 0.106. The molecule has 1 atom stereocenters. The van der Waals surface area contributed by atoms with Crippen LogP contribution in [0.4, 0.5) is 10.1 Å². The molecule has 1 fully saturated rings. The number of nitriles is 1. The van der Waals surface area contributed by atoms with Crippen molar-refractivity contribution in [3.63, 3.8) is 0 Å². The maximum Gasteiger partial charge on any atom is 0.252 e. The number of rotatable bonds is 7. The summed E-state index contributed by atoms with van der Waals surface area (Å²) in [6.45, 7) is 4.43. The van der Waals surface area contributed by atoms with Gasteiger partial charge in [0.05, 0.1) is 58.2 Å². The number of carbonyl (C=O) groups is 1. The molecule has 1 aliphatic carbocycles. The van der Waals surface area contributed by atoms with Crippen LogP contribution in [0.2, 0.25) is 0 Å². The number of primary amides is 1. The fourth-order valence-corrected chi connectivity index (χ4v) is 4.42. The molecule has 0 saturated heterocycles. The highest BCUT2D eigenvalue weighted by atomic mass is 19.1. The molecule has 178 valence electrons. The molecule has 0 spiro atoms. The molecule has 34 heavy (non-hydrogen) atoms. The molecule has 0 radical (unpaired) electrons. The van der Waals surface area contributed by atoms with E-state index in [9.17, 15) is 15.0 Å². The van der Waals surface area contributed by atoms with Gasteiger partial charge in [0.15, 0.2) is 0 Å². The first kappa shape index (κ1) is 23.6. The van der Waals surface area contributed by atoms with Crippen molar-refractivity contribution >= 4 is 17.1 Å². The SMILES string of the molecule is CC(C)(O)[C@H](F)CN(c1cc(-c2ccc3cc(C#N)cnn23)ncc1C(N)=O)C1(C)CC(O)C1. The van der Waals surface area contributed by atoms with Gasteiger partial charge in [0, 0.05) is 11.7 Å². The van der Waals surface area contributed by atoms with Crippen LogP contribution in [0.25, 0.3) is 16.9 Å². The van der Waals surface area contributed by atoms with E-state index in [2.05, 4.69) is 10.1 Å². The first-order chi connectivity index (χ1) is 15.9. The van der Waals surface area contributed by atoms with Gasteiger partial charge in [0.25, 0.3) is 5.91 Å². The molecule has 1 amide bonds. The van der Waals surface area contributed by atoms with Crippen molar-refractivity contribution in [1.82, 2.24) is 14.6 Å². The molecule has 10 heteroatoms. The van der Waals surface area contributed by atoms with Gasteiger partial charge in [0.1, 0.15) is 12.2 Å². The number of fused-ring (bicyclic) bond motifs is 1. The number of alkyl halides is 1. The maximum atomic E-state index is 15.1. The summed E-state index contributed by atoms with van der Waals surface area (Å²) in [6, 6.07) is 8.96. The third kappa shape index (κ3) is 4.20. The number of nitrogens with two attached hydrogens (primary N) is 1. The Balaban J connectivity index is 1.85. The number of aliphatic hydroxyl groups is 2. The average Bonchev–Trinajstić information content (AvgIpc) is 3.18. The molecular formula is C24H27FN6O3. The van der Waals surface area contributed by atoms with Gasteiger partial charge in [-0.2, -0.15) is 10.4 Å². The zero-order valence-electron chi connectivity index (χ0n) is 19.2. The second kappa shape index (κ2) is 8.34. The minimum Gasteiger partial charge on any atom is -0.393 e. The van der Waals surface area contributed by atoms with Crippen LogP contribution in [0.15, 0.2) is 36.7 Å². The van der Waals surface area contributed by atoms with Crippen molar-refractivity contribution in [3.8, 4) is 17.5 Å². The summed E-state index contributed by atoms with van der Waals surface area (Å²) in [6.07, 6.45) is 1.34. The fraction of sp³-hybridized carbons (Fsp3) is 0.417. The van der Waals surface area contributed by atoms with Gasteiger partial charge in [0.2, 0.25) is 0 Å². The highest BCUT2D eigenvalue weighted by Gasteiger charge is 2.47. The standard InChI is InChI=1S/C24H27FN6O3/c1-23(2,34)21(25)13-30(24(3)8-16(32)9-24)20-7-18(28-12-17(20)22(27)33)19-5-4-15-6-14(10-26)11-29-31(15)19/h4-7,11-12,16,21,32,34H,8-9,13H2,1-3H3,(H2,27,33)/t16?,21-,24?/m1/s1. The summed E-state index contributed by atoms with van der Waals surface area (Å²) >= 11 is 0. The Morgan fingerprint density at radius 2 is 2.12 bits per heavy atom. The molecule has 0 aromatic carbocycles. The van der Waals surface area contributed by atoms with Gasteiger partial charge in [-0.3, -0.25) is 9.78 Å². The number of pyridine rings is 1. The van der Waals surface area contributed by atoms with E-state index in [1.54, 1.807) is 33.7 Å². The van der Waals surface area contributed by atoms with Gasteiger partial charge in [-0.05, 0) is 57.9 Å². The molecule has 1 saturated carbocycles. The van der Waals surface area contributed by atoms with Crippen LogP contribution in [0.5, 0.6) is 0 Å². The first-order valence-corrected chi connectivity index (χ1v) is 10.9. The second-order valence-corrected chi connectivity index (χ2v) is 9.65. The number of amides is 1. The molecule has 0 aliphatic heterocycles. The molecule has 3 aromatic heterocycles. The van der Waals surface area contributed by atoms with Crippen LogP contribution in [0.1, 0.15) is 49.5 Å². The summed E-state index contributed by atoms with van der Waals surface area (Å²) in [7, 11) is 0. The zero-order chi connectivity index (χ0) is 24.8. The van der Waals surface area contributed by atoms with Crippen LogP contribution in [0.3, 0.4) is 0 Å². The third-order valence-corrected chi connectivity index (χ3v) is 6.44. The number of hydrogen-bond donors (Lipinski definition) is 3. The van der Waals surface area contributed by atoms with E-state index in [0.29, 0.717) is 41.0 Å². The fourth-order valence-electron chi connectivity index (χ4n) is 4.42. The molecule has 3 heterocycles. The zero-order valence-corrected chi connectivity index (χ0v) is 19.2. The number of nitrogens with zero attached hydrogens (tertiary/aromatic N) is 5. The largest absolute Gasteiger partial charge is 0.393 e. The lowest BCUT2D eigenvalue weighted by Gasteiger charge is -2.53. The van der Waals surface area contributed by atoms with Crippen LogP contribution in [-0.4, -0.2) is 60.7 Å². The van der Waals surface area contributed by atoms with E-state index < -0.39 is 29.3 Å². The van der Waals surface area contributed by atoms with Crippen molar-refractivity contribution < 1.29 is 19.4 Å². The number of carbonyl (C=O) groups excluding carboxylic acids is 1. The maximum absolute atomic E-state index is 15.1. The van der Waals surface area contributed by atoms with E-state index in [1.807, 2.05) is 13.0 Å². The third-order valence-electron chi connectivity index (χ3n) is 6.44. The molecule has 9 nitrogen and oxygen atoms in total. The van der Waals surface area contributed by atoms with Gasteiger partial charge in [-0.25, -0.2) is 8.91 Å².